The molecule has 0 saturated carbocycles. The molecule has 1 aromatic rings. The van der Waals surface area contributed by atoms with E-state index in [1.54, 1.807) is 0 Å². The minimum absolute atomic E-state index is 0.224. The van der Waals surface area contributed by atoms with Crippen LogP contribution in [0.4, 0.5) is 5.69 Å². The number of hydrogen-bond donors (Lipinski definition) is 1. The van der Waals surface area contributed by atoms with E-state index in [2.05, 4.69) is 17.4 Å². The molecule has 0 aromatic heterocycles. The molecule has 1 N–H and O–H groups in total. The summed E-state index contributed by atoms with van der Waals surface area (Å²) in [5, 5.41) is 3.25. The number of methoxy groups -OCH3 is 1. The number of aryl methyl sites for hydroxylation is 1. The summed E-state index contributed by atoms with van der Waals surface area (Å²) < 4.78 is 4.73. The largest absolute Gasteiger partial charge is 0.467 e. The quantitative estimate of drug-likeness (QED) is 0.815. The number of esters is 1. The van der Waals surface area contributed by atoms with Gasteiger partial charge in [-0.25, -0.2) is 4.79 Å². The number of benzene rings is 1. The first-order valence-corrected chi connectivity index (χ1v) is 6.17. The van der Waals surface area contributed by atoms with Crippen molar-refractivity contribution in [2.75, 3.05) is 12.4 Å². The zero-order valence-corrected chi connectivity index (χ0v) is 10.5. The van der Waals surface area contributed by atoms with Gasteiger partial charge >= 0.3 is 5.97 Å². The van der Waals surface area contributed by atoms with Crippen molar-refractivity contribution in [3.05, 3.63) is 29.3 Å². The maximum atomic E-state index is 11.4. The molecule has 3 heteroatoms. The SMILES string of the molecule is COC(=O)C(C)Nc1cccc2c1CCCC2. The van der Waals surface area contributed by atoms with Crippen LogP contribution in [0.5, 0.6) is 0 Å². The van der Waals surface area contributed by atoms with Crippen molar-refractivity contribution in [1.82, 2.24) is 0 Å². The van der Waals surface area contributed by atoms with Crippen molar-refractivity contribution in [1.29, 1.82) is 0 Å². The Morgan fingerprint density at radius 3 is 2.88 bits per heavy atom. The zero-order chi connectivity index (χ0) is 12.3. The van der Waals surface area contributed by atoms with Gasteiger partial charge in [-0.3, -0.25) is 0 Å². The van der Waals surface area contributed by atoms with Gasteiger partial charge in [-0.2, -0.15) is 0 Å². The van der Waals surface area contributed by atoms with E-state index in [9.17, 15) is 4.79 Å². The molecule has 0 heterocycles. The maximum Gasteiger partial charge on any atom is 0.327 e. The van der Waals surface area contributed by atoms with Gasteiger partial charge in [0.05, 0.1) is 7.11 Å². The number of nitrogens with one attached hydrogen (secondary N) is 1. The van der Waals surface area contributed by atoms with Crippen molar-refractivity contribution in [3.63, 3.8) is 0 Å². The molecule has 0 bridgehead atoms. The smallest absolute Gasteiger partial charge is 0.327 e. The van der Waals surface area contributed by atoms with Crippen molar-refractivity contribution >= 4 is 11.7 Å². The molecular formula is C14H19NO2. The standard InChI is InChI=1S/C14H19NO2/c1-10(14(16)17-2)15-13-9-5-7-11-6-3-4-8-12(11)13/h5,7,9-10,15H,3-4,6,8H2,1-2H3. The minimum Gasteiger partial charge on any atom is -0.467 e. The van der Waals surface area contributed by atoms with Crippen molar-refractivity contribution in [3.8, 4) is 0 Å². The first-order chi connectivity index (χ1) is 8.22. The number of ether oxygens (including phenoxy) is 1. The van der Waals surface area contributed by atoms with Gasteiger partial charge in [0.15, 0.2) is 0 Å². The summed E-state index contributed by atoms with van der Waals surface area (Å²) in [6, 6.07) is 5.98. The topological polar surface area (TPSA) is 38.3 Å². The van der Waals surface area contributed by atoms with E-state index in [1.165, 1.54) is 31.1 Å². The molecule has 0 saturated heterocycles. The third-order valence-corrected chi connectivity index (χ3v) is 3.32. The second-order valence-corrected chi connectivity index (χ2v) is 4.54. The lowest BCUT2D eigenvalue weighted by molar-refractivity contribution is -0.141. The number of hydrogen-bond acceptors (Lipinski definition) is 3. The van der Waals surface area contributed by atoms with Gasteiger partial charge in [-0.05, 0) is 49.8 Å². The fraction of sp³-hybridized carbons (Fsp3) is 0.500. The van der Waals surface area contributed by atoms with E-state index in [4.69, 9.17) is 4.74 Å². The zero-order valence-electron chi connectivity index (χ0n) is 10.5. The molecule has 2 rings (SSSR count). The summed E-state index contributed by atoms with van der Waals surface area (Å²) in [7, 11) is 1.42. The number of rotatable bonds is 3. The third-order valence-electron chi connectivity index (χ3n) is 3.32. The van der Waals surface area contributed by atoms with E-state index in [1.807, 2.05) is 13.0 Å². The van der Waals surface area contributed by atoms with Gasteiger partial charge in [0, 0.05) is 5.69 Å². The van der Waals surface area contributed by atoms with E-state index in [0.29, 0.717) is 0 Å². The molecule has 92 valence electrons. The first-order valence-electron chi connectivity index (χ1n) is 6.17. The second kappa shape index (κ2) is 5.21. The highest BCUT2D eigenvalue weighted by atomic mass is 16.5. The molecular weight excluding hydrogens is 214 g/mol. The molecule has 0 spiro atoms. The highest BCUT2D eigenvalue weighted by Crippen LogP contribution is 2.28. The normalized spacial score (nSPS) is 15.9. The molecule has 0 fully saturated rings. The van der Waals surface area contributed by atoms with Crippen LogP contribution in [0.25, 0.3) is 0 Å². The molecule has 1 aliphatic carbocycles. The molecule has 17 heavy (non-hydrogen) atoms. The van der Waals surface area contributed by atoms with Crippen LogP contribution in [0.1, 0.15) is 30.9 Å². The van der Waals surface area contributed by atoms with Gasteiger partial charge in [0.2, 0.25) is 0 Å². The van der Waals surface area contributed by atoms with Gasteiger partial charge in [-0.15, -0.1) is 0 Å². The molecule has 0 aliphatic heterocycles. The van der Waals surface area contributed by atoms with E-state index in [-0.39, 0.29) is 12.0 Å². The van der Waals surface area contributed by atoms with E-state index < -0.39 is 0 Å². The molecule has 1 unspecified atom stereocenters. The highest BCUT2D eigenvalue weighted by molar-refractivity contribution is 5.79. The fourth-order valence-electron chi connectivity index (χ4n) is 2.39. The molecule has 1 aromatic carbocycles. The maximum absolute atomic E-state index is 11.4. The predicted octanol–water partition coefficient (Wildman–Crippen LogP) is 2.54. The van der Waals surface area contributed by atoms with Crippen molar-refractivity contribution < 1.29 is 9.53 Å². The van der Waals surface area contributed by atoms with Crippen LogP contribution in [-0.4, -0.2) is 19.1 Å². The van der Waals surface area contributed by atoms with Gasteiger partial charge < -0.3 is 10.1 Å². The Morgan fingerprint density at radius 1 is 1.35 bits per heavy atom. The Labute approximate surface area is 102 Å². The number of anilines is 1. The number of carbonyl (C=O) groups is 1. The summed E-state index contributed by atoms with van der Waals surface area (Å²) in [6.07, 6.45) is 4.76. The molecule has 1 aliphatic rings. The van der Waals surface area contributed by atoms with Gasteiger partial charge in [0.1, 0.15) is 6.04 Å². The summed E-state index contributed by atoms with van der Waals surface area (Å²) in [4.78, 5) is 11.4. The summed E-state index contributed by atoms with van der Waals surface area (Å²) >= 11 is 0. The van der Waals surface area contributed by atoms with Crippen LogP contribution in [0.3, 0.4) is 0 Å². The first kappa shape index (κ1) is 12.0. The Hall–Kier alpha value is -1.51. The average molecular weight is 233 g/mol. The summed E-state index contributed by atoms with van der Waals surface area (Å²) in [6.45, 7) is 1.83. The molecule has 0 radical (unpaired) electrons. The van der Waals surface area contributed by atoms with Crippen LogP contribution in [0.2, 0.25) is 0 Å². The number of carbonyl (C=O) groups excluding carboxylic acids is 1. The lowest BCUT2D eigenvalue weighted by Gasteiger charge is -2.22. The minimum atomic E-state index is -0.298. The Kier molecular flexibility index (Phi) is 3.67. The lowest BCUT2D eigenvalue weighted by atomic mass is 9.90. The Bertz CT molecular complexity index is 415. The van der Waals surface area contributed by atoms with Crippen molar-refractivity contribution in [2.24, 2.45) is 0 Å². The van der Waals surface area contributed by atoms with Crippen LogP contribution >= 0.6 is 0 Å². The fourth-order valence-corrected chi connectivity index (χ4v) is 2.39. The molecule has 3 nitrogen and oxygen atoms in total. The van der Waals surface area contributed by atoms with Gasteiger partial charge in [0.25, 0.3) is 0 Å². The van der Waals surface area contributed by atoms with Crippen LogP contribution in [-0.2, 0) is 22.4 Å². The van der Waals surface area contributed by atoms with E-state index >= 15 is 0 Å². The Morgan fingerprint density at radius 2 is 2.12 bits per heavy atom. The number of fused-ring (bicyclic) bond motifs is 1. The van der Waals surface area contributed by atoms with Crippen LogP contribution in [0.15, 0.2) is 18.2 Å². The predicted molar refractivity (Wildman–Crippen MR) is 68.2 cm³/mol. The van der Waals surface area contributed by atoms with E-state index in [0.717, 1.165) is 18.5 Å². The second-order valence-electron chi connectivity index (χ2n) is 4.54. The van der Waals surface area contributed by atoms with Crippen molar-refractivity contribution in [2.45, 2.75) is 38.6 Å². The average Bonchev–Trinajstić information content (AvgIpc) is 2.38. The lowest BCUT2D eigenvalue weighted by Crippen LogP contribution is -2.28. The highest BCUT2D eigenvalue weighted by Gasteiger charge is 2.17. The Balaban J connectivity index is 2.18. The molecule has 0 amide bonds. The van der Waals surface area contributed by atoms with Crippen LogP contribution in [0, 0.1) is 0 Å². The monoisotopic (exact) mass is 233 g/mol. The van der Waals surface area contributed by atoms with Crippen LogP contribution < -0.4 is 5.32 Å². The molecule has 1 atom stereocenters. The summed E-state index contributed by atoms with van der Waals surface area (Å²) in [5.41, 5.74) is 3.87. The van der Waals surface area contributed by atoms with Gasteiger partial charge in [-0.1, -0.05) is 12.1 Å². The summed E-state index contributed by atoms with van der Waals surface area (Å²) in [5.74, 6) is -0.224. The third kappa shape index (κ3) is 2.60.